The molecule has 1 fully saturated rings. The number of hydrogen-bond acceptors (Lipinski definition) is 5. The summed E-state index contributed by atoms with van der Waals surface area (Å²) in [5.74, 6) is 0.709. The number of amides is 1. The van der Waals surface area contributed by atoms with Crippen molar-refractivity contribution in [3.63, 3.8) is 0 Å². The lowest BCUT2D eigenvalue weighted by Crippen LogP contribution is -2.43. The van der Waals surface area contributed by atoms with E-state index in [-0.39, 0.29) is 11.9 Å². The van der Waals surface area contributed by atoms with Gasteiger partial charge in [0.15, 0.2) is 0 Å². The quantitative estimate of drug-likeness (QED) is 0.877. The molecule has 0 bridgehead atoms. The number of carbonyl (C=O) groups excluding carboxylic acids is 1. The Morgan fingerprint density at radius 3 is 2.67 bits per heavy atom. The molecule has 100 valence electrons. The zero-order valence-corrected chi connectivity index (χ0v) is 11.7. The molecule has 2 rings (SSSR count). The smallest absolute Gasteiger partial charge is 0.244 e. The summed E-state index contributed by atoms with van der Waals surface area (Å²) in [5.41, 5.74) is 6.63. The zero-order valence-electron chi connectivity index (χ0n) is 10.9. The van der Waals surface area contributed by atoms with Crippen molar-refractivity contribution >= 4 is 28.3 Å². The summed E-state index contributed by atoms with van der Waals surface area (Å²) >= 11 is 1.31. The van der Waals surface area contributed by atoms with Gasteiger partial charge in [-0.25, -0.2) is 0 Å². The Morgan fingerprint density at radius 1 is 1.44 bits per heavy atom. The molecule has 1 amide bonds. The maximum absolute atomic E-state index is 12.2. The second-order valence-electron chi connectivity index (χ2n) is 4.77. The minimum absolute atomic E-state index is 0.168. The van der Waals surface area contributed by atoms with Gasteiger partial charge >= 0.3 is 0 Å². The standard InChI is InChI=1S/C12H20N4OS/c1-8-10(13)15-18-11(8)14-9(2)12(17)16-6-4-3-5-7-16/h9,14H,3-7H2,1-2H3,(H2,13,15). The molecule has 1 aromatic rings. The zero-order chi connectivity index (χ0) is 13.1. The largest absolute Gasteiger partial charge is 0.383 e. The minimum atomic E-state index is -0.221. The second kappa shape index (κ2) is 5.56. The fraction of sp³-hybridized carbons (Fsp3) is 0.667. The highest BCUT2D eigenvalue weighted by atomic mass is 32.1. The highest BCUT2D eigenvalue weighted by Gasteiger charge is 2.23. The van der Waals surface area contributed by atoms with Gasteiger partial charge in [0, 0.05) is 18.7 Å². The molecular weight excluding hydrogens is 248 g/mol. The first-order valence-corrected chi connectivity index (χ1v) is 7.14. The molecule has 1 unspecified atom stereocenters. The molecule has 1 aromatic heterocycles. The Kier molecular flexibility index (Phi) is 4.06. The Morgan fingerprint density at radius 2 is 2.11 bits per heavy atom. The van der Waals surface area contributed by atoms with Crippen LogP contribution in [0.15, 0.2) is 0 Å². The molecule has 1 saturated heterocycles. The van der Waals surface area contributed by atoms with Crippen LogP contribution in [0.4, 0.5) is 10.8 Å². The number of nitrogens with zero attached hydrogens (tertiary/aromatic N) is 2. The van der Waals surface area contributed by atoms with Crippen LogP contribution in [-0.4, -0.2) is 34.3 Å². The van der Waals surface area contributed by atoms with E-state index in [0.717, 1.165) is 36.5 Å². The van der Waals surface area contributed by atoms with Gasteiger partial charge in [-0.15, -0.1) is 0 Å². The van der Waals surface area contributed by atoms with Crippen molar-refractivity contribution in [2.45, 2.75) is 39.2 Å². The molecular formula is C12H20N4OS. The molecule has 0 aliphatic carbocycles. The summed E-state index contributed by atoms with van der Waals surface area (Å²) < 4.78 is 4.07. The third-order valence-corrected chi connectivity index (χ3v) is 4.24. The van der Waals surface area contributed by atoms with Crippen molar-refractivity contribution in [3.8, 4) is 0 Å². The third-order valence-electron chi connectivity index (χ3n) is 3.35. The van der Waals surface area contributed by atoms with E-state index in [4.69, 9.17) is 5.73 Å². The first-order valence-electron chi connectivity index (χ1n) is 6.36. The predicted molar refractivity (Wildman–Crippen MR) is 74.8 cm³/mol. The van der Waals surface area contributed by atoms with E-state index in [1.165, 1.54) is 18.0 Å². The van der Waals surface area contributed by atoms with E-state index in [1.807, 2.05) is 18.7 Å². The van der Waals surface area contributed by atoms with Crippen LogP contribution >= 0.6 is 11.5 Å². The molecule has 18 heavy (non-hydrogen) atoms. The van der Waals surface area contributed by atoms with Crippen LogP contribution < -0.4 is 11.1 Å². The highest BCUT2D eigenvalue weighted by molar-refractivity contribution is 7.10. The van der Waals surface area contributed by atoms with Crippen LogP contribution in [0.5, 0.6) is 0 Å². The average Bonchev–Trinajstić information content (AvgIpc) is 2.71. The van der Waals surface area contributed by atoms with Crippen LogP contribution in [0.25, 0.3) is 0 Å². The number of piperidine rings is 1. The SMILES string of the molecule is Cc1c(N)nsc1NC(C)C(=O)N1CCCCC1. The van der Waals surface area contributed by atoms with Crippen molar-refractivity contribution in [2.24, 2.45) is 0 Å². The third kappa shape index (κ3) is 2.75. The molecule has 0 aromatic carbocycles. The van der Waals surface area contributed by atoms with Gasteiger partial charge in [-0.05, 0) is 44.6 Å². The first-order chi connectivity index (χ1) is 8.59. The summed E-state index contributed by atoms with van der Waals surface area (Å²) in [5, 5.41) is 4.11. The van der Waals surface area contributed by atoms with Gasteiger partial charge in [-0.1, -0.05) is 0 Å². The molecule has 1 atom stereocenters. The van der Waals surface area contributed by atoms with Crippen molar-refractivity contribution in [2.75, 3.05) is 24.1 Å². The molecule has 0 radical (unpaired) electrons. The lowest BCUT2D eigenvalue weighted by molar-refractivity contribution is -0.132. The molecule has 1 aliphatic rings. The molecule has 2 heterocycles. The number of likely N-dealkylation sites (tertiary alicyclic amines) is 1. The summed E-state index contributed by atoms with van der Waals surface area (Å²) in [6, 6.07) is -0.221. The molecule has 0 spiro atoms. The number of anilines is 2. The molecule has 0 saturated carbocycles. The van der Waals surface area contributed by atoms with E-state index in [9.17, 15) is 4.79 Å². The van der Waals surface area contributed by atoms with Crippen LogP contribution in [0, 0.1) is 6.92 Å². The van der Waals surface area contributed by atoms with Gasteiger partial charge in [0.05, 0.1) is 0 Å². The van der Waals surface area contributed by atoms with Gasteiger partial charge in [0.1, 0.15) is 16.9 Å². The second-order valence-corrected chi connectivity index (χ2v) is 5.55. The van der Waals surface area contributed by atoms with E-state index in [1.54, 1.807) is 0 Å². The van der Waals surface area contributed by atoms with Crippen LogP contribution in [0.1, 0.15) is 31.7 Å². The highest BCUT2D eigenvalue weighted by Crippen LogP contribution is 2.26. The number of hydrogen-bond donors (Lipinski definition) is 2. The predicted octanol–water partition coefficient (Wildman–Crippen LogP) is 1.85. The lowest BCUT2D eigenvalue weighted by atomic mass is 10.1. The summed E-state index contributed by atoms with van der Waals surface area (Å²) in [7, 11) is 0. The number of rotatable bonds is 3. The van der Waals surface area contributed by atoms with Gasteiger partial charge < -0.3 is 16.0 Å². The Labute approximate surface area is 112 Å². The number of nitrogens with one attached hydrogen (secondary N) is 1. The van der Waals surface area contributed by atoms with Gasteiger partial charge in [-0.2, -0.15) is 4.37 Å². The Balaban J connectivity index is 1.96. The number of nitrogens with two attached hydrogens (primary N) is 1. The summed E-state index contributed by atoms with van der Waals surface area (Å²) in [6.07, 6.45) is 3.46. The van der Waals surface area contributed by atoms with Crippen LogP contribution in [0.2, 0.25) is 0 Å². The normalized spacial score (nSPS) is 17.6. The fourth-order valence-electron chi connectivity index (χ4n) is 2.13. The van der Waals surface area contributed by atoms with E-state index in [0.29, 0.717) is 5.82 Å². The summed E-state index contributed by atoms with van der Waals surface area (Å²) in [6.45, 7) is 5.58. The molecule has 5 nitrogen and oxygen atoms in total. The first kappa shape index (κ1) is 13.1. The topological polar surface area (TPSA) is 71.2 Å². The monoisotopic (exact) mass is 268 g/mol. The van der Waals surface area contributed by atoms with Crippen LogP contribution in [-0.2, 0) is 4.79 Å². The fourth-order valence-corrected chi connectivity index (χ4v) is 2.93. The van der Waals surface area contributed by atoms with Crippen molar-refractivity contribution in [3.05, 3.63) is 5.56 Å². The molecule has 6 heteroatoms. The Bertz CT molecular complexity index is 426. The van der Waals surface area contributed by atoms with Crippen molar-refractivity contribution in [1.29, 1.82) is 0 Å². The number of carbonyl (C=O) groups is 1. The number of aromatic nitrogens is 1. The molecule has 3 N–H and O–H groups in total. The van der Waals surface area contributed by atoms with E-state index >= 15 is 0 Å². The molecule has 1 aliphatic heterocycles. The van der Waals surface area contributed by atoms with E-state index in [2.05, 4.69) is 9.69 Å². The van der Waals surface area contributed by atoms with E-state index < -0.39 is 0 Å². The van der Waals surface area contributed by atoms with Gasteiger partial charge in [-0.3, -0.25) is 4.79 Å². The maximum Gasteiger partial charge on any atom is 0.244 e. The van der Waals surface area contributed by atoms with Gasteiger partial charge in [0.2, 0.25) is 5.91 Å². The Hall–Kier alpha value is -1.30. The lowest BCUT2D eigenvalue weighted by Gasteiger charge is -2.29. The van der Waals surface area contributed by atoms with Crippen molar-refractivity contribution < 1.29 is 4.79 Å². The summed E-state index contributed by atoms with van der Waals surface area (Å²) in [4.78, 5) is 14.2. The average molecular weight is 268 g/mol. The minimum Gasteiger partial charge on any atom is -0.383 e. The maximum atomic E-state index is 12.2. The number of nitrogen functional groups attached to an aromatic ring is 1. The van der Waals surface area contributed by atoms with Gasteiger partial charge in [0.25, 0.3) is 0 Å². The van der Waals surface area contributed by atoms with Crippen molar-refractivity contribution in [1.82, 2.24) is 9.27 Å². The van der Waals surface area contributed by atoms with Crippen LogP contribution in [0.3, 0.4) is 0 Å².